The van der Waals surface area contributed by atoms with Crippen LogP contribution < -0.4 is 5.32 Å². The fraction of sp³-hybridized carbons (Fsp3) is 0.455. The van der Waals surface area contributed by atoms with Crippen molar-refractivity contribution < 1.29 is 0 Å². The molecule has 1 aromatic rings. The Kier molecular flexibility index (Phi) is 5.24. The van der Waals surface area contributed by atoms with E-state index in [1.54, 1.807) is 11.3 Å². The number of terminal acetylenes is 1. The second-order valence-corrected chi connectivity index (χ2v) is 4.88. The molecule has 0 aromatic carbocycles. The molecule has 1 heterocycles. The van der Waals surface area contributed by atoms with Crippen LogP contribution in [-0.4, -0.2) is 6.54 Å². The minimum absolute atomic E-state index is 0.410. The average Bonchev–Trinajstić information content (AvgIpc) is 2.59. The molecule has 76 valence electrons. The monoisotopic (exact) mass is 271 g/mol. The van der Waals surface area contributed by atoms with Crippen molar-refractivity contribution in [1.82, 2.24) is 5.32 Å². The zero-order chi connectivity index (χ0) is 10.4. The molecule has 1 unspecified atom stereocenters. The summed E-state index contributed by atoms with van der Waals surface area (Å²) in [7, 11) is 0. The van der Waals surface area contributed by atoms with Crippen LogP contribution in [0, 0.1) is 12.3 Å². The van der Waals surface area contributed by atoms with E-state index < -0.39 is 0 Å². The zero-order valence-electron chi connectivity index (χ0n) is 8.22. The number of hydrogen-bond acceptors (Lipinski definition) is 2. The zero-order valence-corrected chi connectivity index (χ0v) is 10.6. The number of halogens is 1. The standard InChI is InChI=1S/C11H14BrNS/c1-3-5-6-10(13-4-2)11-7-9(12)8-14-11/h1,7-8,10,13H,4-6H2,2H3. The molecule has 0 saturated heterocycles. The Bertz CT molecular complexity index is 313. The molecule has 1 nitrogen and oxygen atoms in total. The largest absolute Gasteiger partial charge is 0.309 e. The van der Waals surface area contributed by atoms with Gasteiger partial charge in [-0.15, -0.1) is 23.7 Å². The third-order valence-electron chi connectivity index (χ3n) is 1.96. The molecule has 0 aliphatic heterocycles. The predicted octanol–water partition coefficient (Wildman–Crippen LogP) is 3.57. The van der Waals surface area contributed by atoms with E-state index in [2.05, 4.69) is 45.5 Å². The van der Waals surface area contributed by atoms with Crippen LogP contribution >= 0.6 is 27.3 Å². The third-order valence-corrected chi connectivity index (χ3v) is 3.77. The van der Waals surface area contributed by atoms with E-state index >= 15 is 0 Å². The summed E-state index contributed by atoms with van der Waals surface area (Å²) in [6, 6.07) is 2.57. The molecule has 1 rings (SSSR count). The topological polar surface area (TPSA) is 12.0 Å². The maximum absolute atomic E-state index is 5.27. The number of hydrogen-bond donors (Lipinski definition) is 1. The highest BCUT2D eigenvalue weighted by Crippen LogP contribution is 2.28. The first-order valence-electron chi connectivity index (χ1n) is 4.68. The molecule has 1 atom stereocenters. The van der Waals surface area contributed by atoms with Crippen molar-refractivity contribution in [2.24, 2.45) is 0 Å². The van der Waals surface area contributed by atoms with Gasteiger partial charge in [0.25, 0.3) is 0 Å². The maximum Gasteiger partial charge on any atom is 0.0424 e. The van der Waals surface area contributed by atoms with Gasteiger partial charge in [-0.2, -0.15) is 0 Å². The van der Waals surface area contributed by atoms with E-state index in [9.17, 15) is 0 Å². The Balaban J connectivity index is 2.63. The normalized spacial score (nSPS) is 12.4. The summed E-state index contributed by atoms with van der Waals surface area (Å²) < 4.78 is 1.15. The maximum atomic E-state index is 5.27. The molecule has 0 radical (unpaired) electrons. The number of rotatable bonds is 5. The molecule has 3 heteroatoms. The second kappa shape index (κ2) is 6.23. The van der Waals surface area contributed by atoms with Crippen molar-refractivity contribution in [1.29, 1.82) is 0 Å². The Hall–Kier alpha value is -0.300. The quantitative estimate of drug-likeness (QED) is 0.808. The van der Waals surface area contributed by atoms with E-state index in [0.29, 0.717) is 6.04 Å². The molecule has 14 heavy (non-hydrogen) atoms. The summed E-state index contributed by atoms with van der Waals surface area (Å²) in [6.45, 7) is 3.09. The summed E-state index contributed by atoms with van der Waals surface area (Å²) in [5, 5.41) is 5.55. The minimum atomic E-state index is 0.410. The van der Waals surface area contributed by atoms with Crippen molar-refractivity contribution in [3.8, 4) is 12.3 Å². The Morgan fingerprint density at radius 3 is 3.00 bits per heavy atom. The molecule has 0 bridgehead atoms. The molecule has 1 aromatic heterocycles. The van der Waals surface area contributed by atoms with Gasteiger partial charge in [0.05, 0.1) is 0 Å². The highest BCUT2D eigenvalue weighted by molar-refractivity contribution is 9.10. The predicted molar refractivity (Wildman–Crippen MR) is 66.5 cm³/mol. The summed E-state index contributed by atoms with van der Waals surface area (Å²) in [4.78, 5) is 1.36. The first-order chi connectivity index (χ1) is 6.77. The fourth-order valence-corrected chi connectivity index (χ4v) is 2.89. The summed E-state index contributed by atoms with van der Waals surface area (Å²) in [5.74, 6) is 2.69. The lowest BCUT2D eigenvalue weighted by atomic mass is 10.1. The van der Waals surface area contributed by atoms with Gasteiger partial charge >= 0.3 is 0 Å². The van der Waals surface area contributed by atoms with Crippen LogP contribution in [-0.2, 0) is 0 Å². The van der Waals surface area contributed by atoms with Crippen LogP contribution in [0.4, 0.5) is 0 Å². The van der Waals surface area contributed by atoms with Crippen molar-refractivity contribution in [2.45, 2.75) is 25.8 Å². The fourth-order valence-electron chi connectivity index (χ4n) is 1.33. The molecule has 0 aliphatic rings. The average molecular weight is 272 g/mol. The molecule has 0 aliphatic carbocycles. The number of thiophene rings is 1. The van der Waals surface area contributed by atoms with Gasteiger partial charge in [-0.05, 0) is 35.0 Å². The summed E-state index contributed by atoms with van der Waals surface area (Å²) in [6.07, 6.45) is 7.11. The van der Waals surface area contributed by atoms with Gasteiger partial charge in [0.2, 0.25) is 0 Å². The van der Waals surface area contributed by atoms with Crippen LogP contribution in [0.15, 0.2) is 15.9 Å². The SMILES string of the molecule is C#CCCC(NCC)c1cc(Br)cs1. The molecule has 0 saturated carbocycles. The Morgan fingerprint density at radius 2 is 2.50 bits per heavy atom. The van der Waals surface area contributed by atoms with Crippen LogP contribution in [0.5, 0.6) is 0 Å². The van der Waals surface area contributed by atoms with Gasteiger partial charge in [-0.3, -0.25) is 0 Å². The van der Waals surface area contributed by atoms with E-state index in [0.717, 1.165) is 23.9 Å². The molecule has 0 spiro atoms. The highest BCUT2D eigenvalue weighted by atomic mass is 79.9. The highest BCUT2D eigenvalue weighted by Gasteiger charge is 2.11. The number of nitrogens with one attached hydrogen (secondary N) is 1. The third kappa shape index (κ3) is 3.45. The lowest BCUT2D eigenvalue weighted by molar-refractivity contribution is 0.530. The minimum Gasteiger partial charge on any atom is -0.309 e. The summed E-state index contributed by atoms with van der Waals surface area (Å²) in [5.41, 5.74) is 0. The van der Waals surface area contributed by atoms with Gasteiger partial charge < -0.3 is 5.32 Å². The first-order valence-corrected chi connectivity index (χ1v) is 6.36. The van der Waals surface area contributed by atoms with Crippen LogP contribution in [0.2, 0.25) is 0 Å². The van der Waals surface area contributed by atoms with Crippen molar-refractivity contribution in [3.63, 3.8) is 0 Å². The van der Waals surface area contributed by atoms with E-state index in [-0.39, 0.29) is 0 Å². The Labute approximate surface area is 98.0 Å². The van der Waals surface area contributed by atoms with Crippen LogP contribution in [0.1, 0.15) is 30.7 Å². The van der Waals surface area contributed by atoms with E-state index in [4.69, 9.17) is 6.42 Å². The molecule has 0 amide bonds. The first kappa shape index (κ1) is 11.8. The van der Waals surface area contributed by atoms with Gasteiger partial charge in [0.15, 0.2) is 0 Å². The summed E-state index contributed by atoms with van der Waals surface area (Å²) >= 11 is 5.23. The lowest BCUT2D eigenvalue weighted by Crippen LogP contribution is -2.19. The molecule has 1 N–H and O–H groups in total. The van der Waals surface area contributed by atoms with Crippen molar-refractivity contribution in [3.05, 3.63) is 20.8 Å². The van der Waals surface area contributed by atoms with Gasteiger partial charge in [-0.25, -0.2) is 0 Å². The smallest absolute Gasteiger partial charge is 0.0424 e. The molecular weight excluding hydrogens is 258 g/mol. The van der Waals surface area contributed by atoms with Gasteiger partial charge in [-0.1, -0.05) is 6.92 Å². The van der Waals surface area contributed by atoms with Crippen molar-refractivity contribution >= 4 is 27.3 Å². The van der Waals surface area contributed by atoms with E-state index in [1.165, 1.54) is 4.88 Å². The van der Waals surface area contributed by atoms with Crippen LogP contribution in [0.3, 0.4) is 0 Å². The van der Waals surface area contributed by atoms with Crippen LogP contribution in [0.25, 0.3) is 0 Å². The van der Waals surface area contributed by atoms with Crippen molar-refractivity contribution in [2.75, 3.05) is 6.54 Å². The van der Waals surface area contributed by atoms with Gasteiger partial charge in [0.1, 0.15) is 0 Å². The van der Waals surface area contributed by atoms with Gasteiger partial charge in [0, 0.05) is 27.2 Å². The Morgan fingerprint density at radius 1 is 1.71 bits per heavy atom. The van der Waals surface area contributed by atoms with E-state index in [1.807, 2.05) is 0 Å². The molecular formula is C11H14BrNS. The molecule has 0 fully saturated rings. The second-order valence-electron chi connectivity index (χ2n) is 3.02. The lowest BCUT2D eigenvalue weighted by Gasteiger charge is -2.14.